The van der Waals surface area contributed by atoms with Crippen molar-refractivity contribution in [3.05, 3.63) is 59.2 Å². The molecule has 2 nitrogen and oxygen atoms in total. The molecular formula is C16H16N2S. The van der Waals surface area contributed by atoms with E-state index in [9.17, 15) is 5.26 Å². The van der Waals surface area contributed by atoms with Crippen molar-refractivity contribution in [2.24, 2.45) is 0 Å². The van der Waals surface area contributed by atoms with Gasteiger partial charge >= 0.3 is 0 Å². The standard InChI is InChI=1S/C16H16N2S/c1-12-5-3-4-6-15(12)19-16-8-7-13(11-18-2)9-14(16)10-17/h3-9,18H,11H2,1-2H3. The lowest BCUT2D eigenvalue weighted by molar-refractivity contribution is 0.816. The number of benzene rings is 2. The lowest BCUT2D eigenvalue weighted by atomic mass is 10.1. The van der Waals surface area contributed by atoms with Gasteiger partial charge in [-0.1, -0.05) is 36.0 Å². The predicted octanol–water partition coefficient (Wildman–Crippen LogP) is 3.74. The molecule has 0 radical (unpaired) electrons. The van der Waals surface area contributed by atoms with E-state index in [1.54, 1.807) is 11.8 Å². The van der Waals surface area contributed by atoms with Crippen LogP contribution in [0.2, 0.25) is 0 Å². The summed E-state index contributed by atoms with van der Waals surface area (Å²) in [6, 6.07) is 16.6. The normalized spacial score (nSPS) is 10.2. The highest BCUT2D eigenvalue weighted by molar-refractivity contribution is 7.99. The quantitative estimate of drug-likeness (QED) is 0.917. The predicted molar refractivity (Wildman–Crippen MR) is 79.2 cm³/mol. The summed E-state index contributed by atoms with van der Waals surface area (Å²) >= 11 is 1.65. The highest BCUT2D eigenvalue weighted by Crippen LogP contribution is 2.32. The summed E-state index contributed by atoms with van der Waals surface area (Å²) in [5.74, 6) is 0. The van der Waals surface area contributed by atoms with Gasteiger partial charge in [0.2, 0.25) is 0 Å². The second-order valence-electron chi connectivity index (χ2n) is 4.34. The van der Waals surface area contributed by atoms with Crippen molar-refractivity contribution in [3.8, 4) is 6.07 Å². The molecule has 3 heteroatoms. The minimum atomic E-state index is 0.737. The SMILES string of the molecule is CNCc1ccc(Sc2ccccc2C)c(C#N)c1. The molecule has 0 aliphatic heterocycles. The third-order valence-corrected chi connectivity index (χ3v) is 4.11. The van der Waals surface area contributed by atoms with E-state index < -0.39 is 0 Å². The number of nitriles is 1. The maximum atomic E-state index is 9.27. The van der Waals surface area contributed by atoms with Crippen molar-refractivity contribution < 1.29 is 0 Å². The van der Waals surface area contributed by atoms with Crippen molar-refractivity contribution in [1.29, 1.82) is 5.26 Å². The Labute approximate surface area is 118 Å². The summed E-state index contributed by atoms with van der Waals surface area (Å²) in [7, 11) is 1.90. The van der Waals surface area contributed by atoms with Crippen molar-refractivity contribution in [2.45, 2.75) is 23.3 Å². The molecule has 0 bridgehead atoms. The monoisotopic (exact) mass is 268 g/mol. The molecule has 0 unspecified atom stereocenters. The lowest BCUT2D eigenvalue weighted by Crippen LogP contribution is -2.05. The number of nitrogens with one attached hydrogen (secondary N) is 1. The van der Waals surface area contributed by atoms with Crippen LogP contribution >= 0.6 is 11.8 Å². The van der Waals surface area contributed by atoms with Gasteiger partial charge in [0, 0.05) is 16.3 Å². The number of nitrogens with zero attached hydrogens (tertiary/aromatic N) is 1. The van der Waals surface area contributed by atoms with E-state index >= 15 is 0 Å². The van der Waals surface area contributed by atoms with Gasteiger partial charge in [0.25, 0.3) is 0 Å². The van der Waals surface area contributed by atoms with E-state index in [1.807, 2.05) is 31.3 Å². The smallest absolute Gasteiger partial charge is 0.100 e. The van der Waals surface area contributed by atoms with E-state index in [0.717, 1.165) is 22.6 Å². The first-order valence-electron chi connectivity index (χ1n) is 6.15. The second kappa shape index (κ2) is 6.42. The zero-order chi connectivity index (χ0) is 13.7. The van der Waals surface area contributed by atoms with Crippen LogP contribution < -0.4 is 5.32 Å². The van der Waals surface area contributed by atoms with Crippen LogP contribution in [0.5, 0.6) is 0 Å². The molecule has 0 aliphatic rings. The Morgan fingerprint density at radius 2 is 1.95 bits per heavy atom. The Kier molecular flexibility index (Phi) is 4.62. The van der Waals surface area contributed by atoms with Crippen molar-refractivity contribution >= 4 is 11.8 Å². The van der Waals surface area contributed by atoms with Gasteiger partial charge in [0.1, 0.15) is 6.07 Å². The van der Waals surface area contributed by atoms with Gasteiger partial charge in [0.05, 0.1) is 5.56 Å². The highest BCUT2D eigenvalue weighted by atomic mass is 32.2. The van der Waals surface area contributed by atoms with E-state index in [4.69, 9.17) is 0 Å². The van der Waals surface area contributed by atoms with Crippen LogP contribution in [0.3, 0.4) is 0 Å². The molecule has 96 valence electrons. The molecule has 0 fully saturated rings. The van der Waals surface area contributed by atoms with Gasteiger partial charge in [-0.3, -0.25) is 0 Å². The van der Waals surface area contributed by atoms with Crippen LogP contribution in [0.1, 0.15) is 16.7 Å². The number of hydrogen-bond acceptors (Lipinski definition) is 3. The topological polar surface area (TPSA) is 35.8 Å². The van der Waals surface area contributed by atoms with Crippen LogP contribution in [-0.2, 0) is 6.54 Å². The molecular weight excluding hydrogens is 252 g/mol. The maximum Gasteiger partial charge on any atom is 0.100 e. The molecule has 19 heavy (non-hydrogen) atoms. The Morgan fingerprint density at radius 1 is 1.16 bits per heavy atom. The zero-order valence-electron chi connectivity index (χ0n) is 11.1. The molecule has 0 saturated heterocycles. The van der Waals surface area contributed by atoms with Gasteiger partial charge in [-0.2, -0.15) is 5.26 Å². The Balaban J connectivity index is 2.31. The minimum Gasteiger partial charge on any atom is -0.316 e. The minimum absolute atomic E-state index is 0.737. The van der Waals surface area contributed by atoms with E-state index in [1.165, 1.54) is 10.5 Å². The first-order valence-corrected chi connectivity index (χ1v) is 6.97. The fraction of sp³-hybridized carbons (Fsp3) is 0.188. The summed E-state index contributed by atoms with van der Waals surface area (Å²) in [6.45, 7) is 2.87. The molecule has 0 saturated carbocycles. The van der Waals surface area contributed by atoms with Crippen LogP contribution in [0.25, 0.3) is 0 Å². The average Bonchev–Trinajstić information content (AvgIpc) is 2.43. The molecule has 0 amide bonds. The first-order chi connectivity index (χ1) is 9.24. The lowest BCUT2D eigenvalue weighted by Gasteiger charge is -2.08. The number of rotatable bonds is 4. The van der Waals surface area contributed by atoms with Gasteiger partial charge in [0.15, 0.2) is 0 Å². The summed E-state index contributed by atoms with van der Waals surface area (Å²) in [4.78, 5) is 2.21. The van der Waals surface area contributed by atoms with Crippen LogP contribution in [0.15, 0.2) is 52.3 Å². The van der Waals surface area contributed by atoms with Crippen molar-refractivity contribution in [2.75, 3.05) is 7.05 Å². The summed E-state index contributed by atoms with van der Waals surface area (Å²) in [5.41, 5.74) is 3.10. The molecule has 0 aromatic heterocycles. The van der Waals surface area contributed by atoms with Crippen LogP contribution in [0.4, 0.5) is 0 Å². The number of aryl methyl sites for hydroxylation is 1. The van der Waals surface area contributed by atoms with Crippen LogP contribution in [-0.4, -0.2) is 7.05 Å². The third-order valence-electron chi connectivity index (χ3n) is 2.86. The second-order valence-corrected chi connectivity index (χ2v) is 5.42. The summed E-state index contributed by atoms with van der Waals surface area (Å²) < 4.78 is 0. The molecule has 2 aromatic rings. The van der Waals surface area contributed by atoms with Gasteiger partial charge < -0.3 is 5.32 Å². The van der Waals surface area contributed by atoms with E-state index in [2.05, 4.69) is 36.5 Å². The van der Waals surface area contributed by atoms with Gasteiger partial charge in [-0.15, -0.1) is 0 Å². The molecule has 0 spiro atoms. The zero-order valence-corrected chi connectivity index (χ0v) is 11.9. The first kappa shape index (κ1) is 13.7. The van der Waals surface area contributed by atoms with Gasteiger partial charge in [-0.25, -0.2) is 0 Å². The molecule has 2 rings (SSSR count). The molecule has 0 heterocycles. The van der Waals surface area contributed by atoms with Crippen LogP contribution in [0, 0.1) is 18.3 Å². The molecule has 0 atom stereocenters. The summed E-state index contributed by atoms with van der Waals surface area (Å²) in [6.07, 6.45) is 0. The van der Waals surface area contributed by atoms with Crippen molar-refractivity contribution in [1.82, 2.24) is 5.32 Å². The fourth-order valence-corrected chi connectivity index (χ4v) is 2.82. The Morgan fingerprint density at radius 3 is 2.63 bits per heavy atom. The average molecular weight is 268 g/mol. The van der Waals surface area contributed by atoms with Gasteiger partial charge in [-0.05, 0) is 43.3 Å². The molecule has 0 aliphatic carbocycles. The van der Waals surface area contributed by atoms with E-state index in [0.29, 0.717) is 0 Å². The Hall–Kier alpha value is -1.76. The fourth-order valence-electron chi connectivity index (χ4n) is 1.86. The third kappa shape index (κ3) is 3.37. The maximum absolute atomic E-state index is 9.27. The molecule has 2 aromatic carbocycles. The molecule has 1 N–H and O–H groups in total. The number of hydrogen-bond donors (Lipinski definition) is 1. The Bertz CT molecular complexity index is 614. The van der Waals surface area contributed by atoms with Crippen molar-refractivity contribution in [3.63, 3.8) is 0 Å². The largest absolute Gasteiger partial charge is 0.316 e. The summed E-state index contributed by atoms with van der Waals surface area (Å²) in [5, 5.41) is 12.4. The van der Waals surface area contributed by atoms with E-state index in [-0.39, 0.29) is 0 Å². The highest BCUT2D eigenvalue weighted by Gasteiger charge is 2.07.